The smallest absolute Gasteiger partial charge is 0.0799 e. The number of rotatable bonds is 6. The molecule has 3 heteroatoms. The molecule has 0 radical (unpaired) electrons. The van der Waals surface area contributed by atoms with E-state index in [1.165, 1.54) is 5.56 Å². The van der Waals surface area contributed by atoms with E-state index in [1.54, 1.807) is 0 Å². The lowest BCUT2D eigenvalue weighted by atomic mass is 10.1. The minimum Gasteiger partial charge on any atom is -0.391 e. The van der Waals surface area contributed by atoms with Crippen molar-refractivity contribution in [2.75, 3.05) is 19.0 Å². The van der Waals surface area contributed by atoms with E-state index in [4.69, 9.17) is 16.7 Å². The lowest BCUT2D eigenvalue weighted by molar-refractivity contribution is 0.195. The van der Waals surface area contributed by atoms with Crippen molar-refractivity contribution in [3.8, 4) is 0 Å². The van der Waals surface area contributed by atoms with Crippen LogP contribution in [0.1, 0.15) is 5.56 Å². The van der Waals surface area contributed by atoms with Gasteiger partial charge in [0.2, 0.25) is 0 Å². The second kappa shape index (κ2) is 6.82. The molecular weight excluding hydrogens is 198 g/mol. The molecule has 2 N–H and O–H groups in total. The highest BCUT2D eigenvalue weighted by molar-refractivity contribution is 6.18. The molecule has 0 aliphatic rings. The maximum atomic E-state index is 9.16. The molecule has 0 saturated heterocycles. The number of benzene rings is 1. The molecule has 0 aliphatic carbocycles. The van der Waals surface area contributed by atoms with E-state index >= 15 is 0 Å². The summed E-state index contributed by atoms with van der Waals surface area (Å²) in [7, 11) is 0. The maximum Gasteiger partial charge on any atom is 0.0799 e. The lowest BCUT2D eigenvalue weighted by Gasteiger charge is -2.08. The van der Waals surface area contributed by atoms with Crippen molar-refractivity contribution in [2.45, 2.75) is 12.5 Å². The lowest BCUT2D eigenvalue weighted by Crippen LogP contribution is -2.29. The van der Waals surface area contributed by atoms with E-state index in [2.05, 4.69) is 17.4 Å². The first-order valence-corrected chi connectivity index (χ1v) is 5.35. The Balaban J connectivity index is 2.10. The predicted molar refractivity (Wildman–Crippen MR) is 59.7 cm³/mol. The average molecular weight is 214 g/mol. The molecule has 0 aliphatic heterocycles. The SMILES string of the molecule is O[C@@H](CCl)CNCCc1ccccc1. The van der Waals surface area contributed by atoms with Gasteiger partial charge in [0.1, 0.15) is 0 Å². The van der Waals surface area contributed by atoms with E-state index in [-0.39, 0.29) is 0 Å². The normalized spacial score (nSPS) is 12.7. The number of hydrogen-bond donors (Lipinski definition) is 2. The van der Waals surface area contributed by atoms with Gasteiger partial charge in [-0.15, -0.1) is 11.6 Å². The van der Waals surface area contributed by atoms with Gasteiger partial charge in [0.05, 0.1) is 6.10 Å². The Bertz CT molecular complexity index is 240. The van der Waals surface area contributed by atoms with Crippen LogP contribution in [0.2, 0.25) is 0 Å². The first-order valence-electron chi connectivity index (χ1n) is 4.81. The summed E-state index contributed by atoms with van der Waals surface area (Å²) in [5.41, 5.74) is 1.31. The summed E-state index contributed by atoms with van der Waals surface area (Å²) in [6, 6.07) is 10.3. The van der Waals surface area contributed by atoms with Crippen LogP contribution in [0.4, 0.5) is 0 Å². The third kappa shape index (κ3) is 4.61. The van der Waals surface area contributed by atoms with Gasteiger partial charge in [-0.3, -0.25) is 0 Å². The van der Waals surface area contributed by atoms with Crippen LogP contribution in [0.5, 0.6) is 0 Å². The van der Waals surface area contributed by atoms with Crippen LogP contribution in [0.3, 0.4) is 0 Å². The largest absolute Gasteiger partial charge is 0.391 e. The van der Waals surface area contributed by atoms with Crippen molar-refractivity contribution in [3.63, 3.8) is 0 Å². The zero-order valence-corrected chi connectivity index (χ0v) is 8.87. The summed E-state index contributed by atoms with van der Waals surface area (Å²) in [5.74, 6) is 0.290. The summed E-state index contributed by atoms with van der Waals surface area (Å²) in [6.07, 6.45) is 0.544. The summed E-state index contributed by atoms with van der Waals surface area (Å²) < 4.78 is 0. The van der Waals surface area contributed by atoms with Gasteiger partial charge in [0.15, 0.2) is 0 Å². The highest BCUT2D eigenvalue weighted by Gasteiger charge is 1.99. The Labute approximate surface area is 89.9 Å². The number of alkyl halides is 1. The summed E-state index contributed by atoms with van der Waals surface area (Å²) in [5, 5.41) is 12.3. The molecular formula is C11H16ClNO. The molecule has 14 heavy (non-hydrogen) atoms. The Hall–Kier alpha value is -0.570. The van der Waals surface area contributed by atoms with Crippen LogP contribution < -0.4 is 5.32 Å². The predicted octanol–water partition coefficient (Wildman–Crippen LogP) is 1.42. The summed E-state index contributed by atoms with van der Waals surface area (Å²) in [6.45, 7) is 1.44. The second-order valence-corrected chi connectivity index (χ2v) is 3.56. The molecule has 1 rings (SSSR count). The van der Waals surface area contributed by atoms with Crippen molar-refractivity contribution in [1.29, 1.82) is 0 Å². The van der Waals surface area contributed by atoms with Crippen molar-refractivity contribution in [1.82, 2.24) is 5.32 Å². The first kappa shape index (κ1) is 11.5. The number of hydrogen-bond acceptors (Lipinski definition) is 2. The van der Waals surface area contributed by atoms with Gasteiger partial charge in [-0.25, -0.2) is 0 Å². The molecule has 0 fully saturated rings. The molecule has 1 atom stereocenters. The van der Waals surface area contributed by atoms with E-state index in [0.29, 0.717) is 12.4 Å². The maximum absolute atomic E-state index is 9.16. The Morgan fingerprint density at radius 1 is 1.29 bits per heavy atom. The molecule has 2 nitrogen and oxygen atoms in total. The van der Waals surface area contributed by atoms with Gasteiger partial charge < -0.3 is 10.4 Å². The molecule has 1 aromatic rings. The minimum atomic E-state index is -0.438. The number of aliphatic hydroxyl groups is 1. The van der Waals surface area contributed by atoms with Crippen LogP contribution in [0.25, 0.3) is 0 Å². The van der Waals surface area contributed by atoms with Gasteiger partial charge in [-0.05, 0) is 18.5 Å². The number of halogens is 1. The van der Waals surface area contributed by atoms with E-state index in [1.807, 2.05) is 18.2 Å². The Kier molecular flexibility index (Phi) is 5.60. The van der Waals surface area contributed by atoms with Gasteiger partial charge in [-0.1, -0.05) is 30.3 Å². The summed E-state index contributed by atoms with van der Waals surface area (Å²) in [4.78, 5) is 0. The molecule has 78 valence electrons. The van der Waals surface area contributed by atoms with Gasteiger partial charge in [0.25, 0.3) is 0 Å². The first-order chi connectivity index (χ1) is 6.83. The van der Waals surface area contributed by atoms with E-state index in [0.717, 1.165) is 13.0 Å². The van der Waals surface area contributed by atoms with E-state index < -0.39 is 6.10 Å². The number of nitrogens with one attached hydrogen (secondary N) is 1. The zero-order chi connectivity index (χ0) is 10.2. The average Bonchev–Trinajstić information content (AvgIpc) is 2.25. The summed E-state index contributed by atoms with van der Waals surface area (Å²) >= 11 is 5.46. The fourth-order valence-corrected chi connectivity index (χ4v) is 1.31. The molecule has 0 saturated carbocycles. The quantitative estimate of drug-likeness (QED) is 0.554. The molecule has 0 amide bonds. The van der Waals surface area contributed by atoms with Crippen molar-refractivity contribution in [2.24, 2.45) is 0 Å². The van der Waals surface area contributed by atoms with Crippen molar-refractivity contribution < 1.29 is 5.11 Å². The zero-order valence-electron chi connectivity index (χ0n) is 8.12. The van der Waals surface area contributed by atoms with E-state index in [9.17, 15) is 0 Å². The standard InChI is InChI=1S/C11H16ClNO/c12-8-11(14)9-13-7-6-10-4-2-1-3-5-10/h1-5,11,13-14H,6-9H2/t11-/m0/s1. The Morgan fingerprint density at radius 3 is 2.64 bits per heavy atom. The van der Waals surface area contributed by atoms with Gasteiger partial charge >= 0.3 is 0 Å². The minimum absolute atomic E-state index is 0.290. The van der Waals surface area contributed by atoms with Gasteiger partial charge in [-0.2, -0.15) is 0 Å². The highest BCUT2D eigenvalue weighted by atomic mass is 35.5. The third-order valence-electron chi connectivity index (χ3n) is 1.99. The monoisotopic (exact) mass is 213 g/mol. The highest BCUT2D eigenvalue weighted by Crippen LogP contribution is 1.98. The molecule has 0 spiro atoms. The van der Waals surface area contributed by atoms with Crippen molar-refractivity contribution >= 4 is 11.6 Å². The van der Waals surface area contributed by atoms with Gasteiger partial charge in [0, 0.05) is 12.4 Å². The fraction of sp³-hybridized carbons (Fsp3) is 0.455. The fourth-order valence-electron chi connectivity index (χ4n) is 1.20. The molecule has 0 aromatic heterocycles. The molecule has 0 unspecified atom stereocenters. The Morgan fingerprint density at radius 2 is 2.00 bits per heavy atom. The second-order valence-electron chi connectivity index (χ2n) is 3.25. The molecule has 1 aromatic carbocycles. The van der Waals surface area contributed by atoms with Crippen LogP contribution in [-0.4, -0.2) is 30.2 Å². The van der Waals surface area contributed by atoms with Crippen LogP contribution in [0.15, 0.2) is 30.3 Å². The molecule has 0 bridgehead atoms. The van der Waals surface area contributed by atoms with Crippen LogP contribution in [-0.2, 0) is 6.42 Å². The number of aliphatic hydroxyl groups excluding tert-OH is 1. The third-order valence-corrected chi connectivity index (χ3v) is 2.35. The van der Waals surface area contributed by atoms with Crippen LogP contribution in [0, 0.1) is 0 Å². The molecule has 0 heterocycles. The van der Waals surface area contributed by atoms with Crippen molar-refractivity contribution in [3.05, 3.63) is 35.9 Å². The van der Waals surface area contributed by atoms with Crippen LogP contribution >= 0.6 is 11.6 Å². The topological polar surface area (TPSA) is 32.3 Å².